The number of hydrogen-bond acceptors (Lipinski definition) is 8. The third kappa shape index (κ3) is 3.62. The van der Waals surface area contributed by atoms with Gasteiger partial charge in [-0.1, -0.05) is 13.8 Å². The lowest BCUT2D eigenvalue weighted by Crippen LogP contribution is -2.51. The van der Waals surface area contributed by atoms with Crippen molar-refractivity contribution in [1.29, 1.82) is 0 Å². The van der Waals surface area contributed by atoms with Crippen molar-refractivity contribution in [3.05, 3.63) is 0 Å². The van der Waals surface area contributed by atoms with Gasteiger partial charge in [0.25, 0.3) is 0 Å². The van der Waals surface area contributed by atoms with Gasteiger partial charge in [-0.05, 0) is 12.8 Å². The van der Waals surface area contributed by atoms with Gasteiger partial charge in [0.05, 0.1) is 28.4 Å². The smallest absolute Gasteiger partial charge is 0.323 e. The number of rotatable bonds is 8. The summed E-state index contributed by atoms with van der Waals surface area (Å²) in [7, 11) is 4.44. The molecule has 0 atom stereocenters. The average molecular weight is 332 g/mol. The second-order valence-corrected chi connectivity index (χ2v) is 5.01. The highest BCUT2D eigenvalue weighted by atomic mass is 16.6. The van der Waals surface area contributed by atoms with Crippen LogP contribution in [0, 0.1) is 10.8 Å². The van der Waals surface area contributed by atoms with E-state index in [9.17, 15) is 19.2 Å². The summed E-state index contributed by atoms with van der Waals surface area (Å²) < 4.78 is 18.8. The van der Waals surface area contributed by atoms with Crippen LogP contribution < -0.4 is 0 Å². The maximum Gasteiger partial charge on any atom is 0.323 e. The maximum absolute atomic E-state index is 12.3. The SMILES string of the molecule is CCC(CC(CC)(C(=O)OC)C(=O)OC)(C(=O)OC)C(=O)OC. The van der Waals surface area contributed by atoms with Crippen LogP contribution in [0.2, 0.25) is 0 Å². The van der Waals surface area contributed by atoms with Gasteiger partial charge in [0.1, 0.15) is 0 Å². The Balaban J connectivity index is 6.26. The van der Waals surface area contributed by atoms with E-state index >= 15 is 0 Å². The molecule has 0 saturated heterocycles. The Labute approximate surface area is 135 Å². The van der Waals surface area contributed by atoms with Crippen LogP contribution in [0.25, 0.3) is 0 Å². The summed E-state index contributed by atoms with van der Waals surface area (Å²) >= 11 is 0. The molecule has 0 spiro atoms. The highest BCUT2D eigenvalue weighted by Crippen LogP contribution is 2.43. The van der Waals surface area contributed by atoms with Gasteiger partial charge in [-0.3, -0.25) is 19.2 Å². The molecular weight excluding hydrogens is 308 g/mol. The fourth-order valence-electron chi connectivity index (χ4n) is 2.58. The minimum Gasteiger partial charge on any atom is -0.468 e. The van der Waals surface area contributed by atoms with Crippen LogP contribution in [-0.2, 0) is 38.1 Å². The van der Waals surface area contributed by atoms with E-state index in [1.54, 1.807) is 13.8 Å². The van der Waals surface area contributed by atoms with Crippen molar-refractivity contribution in [2.45, 2.75) is 33.1 Å². The van der Waals surface area contributed by atoms with Crippen molar-refractivity contribution < 1.29 is 38.1 Å². The van der Waals surface area contributed by atoms with Gasteiger partial charge < -0.3 is 18.9 Å². The van der Waals surface area contributed by atoms with Crippen molar-refractivity contribution in [2.75, 3.05) is 28.4 Å². The standard InChI is InChI=1S/C15H24O8/c1-7-14(10(16)20-3,11(17)21-4)9-15(8-2,12(18)22-5)13(19)23-6/h7-9H2,1-6H3. The fraction of sp³-hybridized carbons (Fsp3) is 0.733. The molecule has 0 aromatic carbocycles. The number of carbonyl (C=O) groups excluding carboxylic acids is 4. The minimum atomic E-state index is -1.82. The topological polar surface area (TPSA) is 105 Å². The molecule has 0 rings (SSSR count). The summed E-state index contributed by atoms with van der Waals surface area (Å²) in [5, 5.41) is 0. The van der Waals surface area contributed by atoms with E-state index in [1.165, 1.54) is 0 Å². The molecule has 0 saturated carbocycles. The van der Waals surface area contributed by atoms with Crippen LogP contribution in [0.15, 0.2) is 0 Å². The second-order valence-electron chi connectivity index (χ2n) is 5.01. The Morgan fingerprint density at radius 2 is 0.826 bits per heavy atom. The third-order valence-corrected chi connectivity index (χ3v) is 4.12. The van der Waals surface area contributed by atoms with Gasteiger partial charge in [-0.2, -0.15) is 0 Å². The van der Waals surface area contributed by atoms with Gasteiger partial charge in [0.2, 0.25) is 0 Å². The van der Waals surface area contributed by atoms with Gasteiger partial charge in [0.15, 0.2) is 10.8 Å². The van der Waals surface area contributed by atoms with Crippen molar-refractivity contribution in [2.24, 2.45) is 10.8 Å². The maximum atomic E-state index is 12.3. The predicted octanol–water partition coefficient (Wildman–Crippen LogP) is 0.861. The first-order valence-corrected chi connectivity index (χ1v) is 7.09. The zero-order chi connectivity index (χ0) is 18.3. The second kappa shape index (κ2) is 8.50. The quantitative estimate of drug-likeness (QED) is 0.366. The van der Waals surface area contributed by atoms with E-state index in [2.05, 4.69) is 0 Å². The molecule has 0 aromatic rings. The first kappa shape index (κ1) is 20.9. The molecule has 0 fully saturated rings. The zero-order valence-corrected chi connectivity index (χ0v) is 14.4. The van der Waals surface area contributed by atoms with Gasteiger partial charge in [-0.25, -0.2) is 0 Å². The van der Waals surface area contributed by atoms with Crippen LogP contribution in [0.3, 0.4) is 0 Å². The molecule has 0 bridgehead atoms. The van der Waals surface area contributed by atoms with Crippen molar-refractivity contribution in [3.8, 4) is 0 Å². The molecule has 8 nitrogen and oxygen atoms in total. The first-order chi connectivity index (χ1) is 10.8. The van der Waals surface area contributed by atoms with Crippen LogP contribution >= 0.6 is 0 Å². The van der Waals surface area contributed by atoms with E-state index in [1.807, 2.05) is 0 Å². The Hall–Kier alpha value is -2.12. The lowest BCUT2D eigenvalue weighted by atomic mass is 9.68. The van der Waals surface area contributed by atoms with E-state index < -0.39 is 41.1 Å². The number of hydrogen-bond donors (Lipinski definition) is 0. The van der Waals surface area contributed by atoms with Crippen molar-refractivity contribution in [3.63, 3.8) is 0 Å². The number of carbonyl (C=O) groups is 4. The monoisotopic (exact) mass is 332 g/mol. The number of esters is 4. The van der Waals surface area contributed by atoms with E-state index in [4.69, 9.17) is 18.9 Å². The lowest BCUT2D eigenvalue weighted by Gasteiger charge is -2.35. The third-order valence-electron chi connectivity index (χ3n) is 4.12. The molecule has 0 aliphatic heterocycles. The molecule has 0 aromatic heterocycles. The summed E-state index contributed by atoms with van der Waals surface area (Å²) in [4.78, 5) is 49.0. The Kier molecular flexibility index (Phi) is 7.71. The van der Waals surface area contributed by atoms with Crippen LogP contribution in [0.5, 0.6) is 0 Å². The van der Waals surface area contributed by atoms with Gasteiger partial charge in [0, 0.05) is 6.42 Å². The van der Waals surface area contributed by atoms with Crippen molar-refractivity contribution in [1.82, 2.24) is 0 Å². The molecule has 0 N–H and O–H groups in total. The molecule has 0 unspecified atom stereocenters. The minimum absolute atomic E-state index is 0.0257. The zero-order valence-electron chi connectivity index (χ0n) is 14.4. The van der Waals surface area contributed by atoms with E-state index in [0.29, 0.717) is 0 Å². The molecular formula is C15H24O8. The average Bonchev–Trinajstić information content (AvgIpc) is 2.60. The Morgan fingerprint density at radius 3 is 0.957 bits per heavy atom. The Morgan fingerprint density at radius 1 is 0.609 bits per heavy atom. The summed E-state index contributed by atoms with van der Waals surface area (Å²) in [5.41, 5.74) is -3.64. The summed E-state index contributed by atoms with van der Waals surface area (Å²) in [6.45, 7) is 3.12. The highest BCUT2D eigenvalue weighted by Gasteiger charge is 2.58. The fourth-order valence-corrected chi connectivity index (χ4v) is 2.58. The van der Waals surface area contributed by atoms with E-state index in [-0.39, 0.29) is 12.8 Å². The number of ether oxygens (including phenoxy) is 4. The molecule has 0 amide bonds. The van der Waals surface area contributed by atoms with Crippen molar-refractivity contribution >= 4 is 23.9 Å². The predicted molar refractivity (Wildman–Crippen MR) is 78.1 cm³/mol. The molecule has 0 aliphatic rings. The first-order valence-electron chi connectivity index (χ1n) is 7.09. The van der Waals surface area contributed by atoms with Gasteiger partial charge >= 0.3 is 23.9 Å². The highest BCUT2D eigenvalue weighted by molar-refractivity contribution is 6.05. The normalized spacial score (nSPS) is 11.4. The lowest BCUT2D eigenvalue weighted by molar-refractivity contribution is -0.181. The molecule has 8 heteroatoms. The summed E-state index contributed by atoms with van der Waals surface area (Å²) in [5.74, 6) is -3.56. The van der Waals surface area contributed by atoms with Gasteiger partial charge in [-0.15, -0.1) is 0 Å². The number of methoxy groups -OCH3 is 4. The van der Waals surface area contributed by atoms with E-state index in [0.717, 1.165) is 28.4 Å². The molecule has 0 heterocycles. The molecule has 23 heavy (non-hydrogen) atoms. The van der Waals surface area contributed by atoms with Crippen LogP contribution in [-0.4, -0.2) is 52.3 Å². The van der Waals surface area contributed by atoms with Crippen LogP contribution in [0.4, 0.5) is 0 Å². The largest absolute Gasteiger partial charge is 0.468 e. The van der Waals surface area contributed by atoms with Crippen LogP contribution in [0.1, 0.15) is 33.1 Å². The molecule has 0 aliphatic carbocycles. The molecule has 132 valence electrons. The Bertz CT molecular complexity index is 394. The molecule has 0 radical (unpaired) electrons. The summed E-state index contributed by atoms with van der Waals surface area (Å²) in [6, 6.07) is 0. The summed E-state index contributed by atoms with van der Waals surface area (Å²) in [6.07, 6.45) is -0.518.